The maximum absolute atomic E-state index is 12.7. The van der Waals surface area contributed by atoms with E-state index >= 15 is 0 Å². The number of aromatic nitrogens is 2. The highest BCUT2D eigenvalue weighted by Gasteiger charge is 2.34. The van der Waals surface area contributed by atoms with E-state index in [1.807, 2.05) is 43.9 Å². The molecule has 0 saturated carbocycles. The van der Waals surface area contributed by atoms with Crippen LogP contribution in [0.25, 0.3) is 0 Å². The van der Waals surface area contributed by atoms with Gasteiger partial charge in [-0.15, -0.1) is 10.2 Å². The molecular formula is C23H24N4O3S. The Kier molecular flexibility index (Phi) is 5.99. The largest absolute Gasteiger partial charge is 0.493 e. The molecule has 7 nitrogen and oxygen atoms in total. The molecule has 0 bridgehead atoms. The van der Waals surface area contributed by atoms with Crippen LogP contribution >= 0.6 is 11.3 Å². The SMILES string of the molecule is CCOc1ccccc1C(=O)Nc1nnc([C@H]2CC(=O)N(c3cc(C)cc(C)c3)C2)s1. The summed E-state index contributed by atoms with van der Waals surface area (Å²) in [4.78, 5) is 27.1. The highest BCUT2D eigenvalue weighted by molar-refractivity contribution is 7.15. The summed E-state index contributed by atoms with van der Waals surface area (Å²) in [7, 11) is 0. The van der Waals surface area contributed by atoms with Crippen LogP contribution in [-0.2, 0) is 4.79 Å². The molecule has 1 aromatic heterocycles. The molecular weight excluding hydrogens is 412 g/mol. The number of amides is 2. The molecule has 1 aliphatic heterocycles. The summed E-state index contributed by atoms with van der Waals surface area (Å²) in [6.07, 6.45) is 0.378. The molecule has 1 fully saturated rings. The average molecular weight is 437 g/mol. The number of nitrogens with zero attached hydrogens (tertiary/aromatic N) is 3. The van der Waals surface area contributed by atoms with Gasteiger partial charge in [-0.05, 0) is 56.2 Å². The van der Waals surface area contributed by atoms with Crippen LogP contribution in [0.2, 0.25) is 0 Å². The number of rotatable bonds is 6. The number of hydrogen-bond acceptors (Lipinski definition) is 6. The third kappa shape index (κ3) is 4.59. The summed E-state index contributed by atoms with van der Waals surface area (Å²) in [5.74, 6) is 0.248. The summed E-state index contributed by atoms with van der Waals surface area (Å²) in [5.41, 5.74) is 3.60. The first-order valence-electron chi connectivity index (χ1n) is 10.2. The van der Waals surface area contributed by atoms with Gasteiger partial charge in [0, 0.05) is 24.6 Å². The summed E-state index contributed by atoms with van der Waals surface area (Å²) >= 11 is 1.30. The van der Waals surface area contributed by atoms with Crippen molar-refractivity contribution in [2.24, 2.45) is 0 Å². The number of ether oxygens (including phenoxy) is 1. The van der Waals surface area contributed by atoms with Gasteiger partial charge in [0.05, 0.1) is 12.2 Å². The molecule has 3 aromatic rings. The molecule has 0 aliphatic carbocycles. The first-order chi connectivity index (χ1) is 14.9. The van der Waals surface area contributed by atoms with Crippen molar-refractivity contribution in [2.45, 2.75) is 33.1 Å². The van der Waals surface area contributed by atoms with Crippen LogP contribution in [0.1, 0.15) is 45.8 Å². The second-order valence-electron chi connectivity index (χ2n) is 7.58. The molecule has 2 aromatic carbocycles. The van der Waals surface area contributed by atoms with E-state index < -0.39 is 0 Å². The fourth-order valence-corrected chi connectivity index (χ4v) is 4.61. The van der Waals surface area contributed by atoms with E-state index in [0.29, 0.717) is 36.0 Å². The zero-order valence-corrected chi connectivity index (χ0v) is 18.5. The molecule has 0 unspecified atom stereocenters. The van der Waals surface area contributed by atoms with Gasteiger partial charge >= 0.3 is 0 Å². The van der Waals surface area contributed by atoms with Crippen molar-refractivity contribution >= 4 is 34.0 Å². The van der Waals surface area contributed by atoms with Gasteiger partial charge in [0.2, 0.25) is 11.0 Å². The summed E-state index contributed by atoms with van der Waals surface area (Å²) in [6.45, 7) is 6.95. The van der Waals surface area contributed by atoms with E-state index in [2.05, 4.69) is 21.6 Å². The zero-order valence-electron chi connectivity index (χ0n) is 17.7. The maximum atomic E-state index is 12.7. The minimum Gasteiger partial charge on any atom is -0.493 e. The molecule has 31 heavy (non-hydrogen) atoms. The van der Waals surface area contributed by atoms with Gasteiger partial charge in [-0.1, -0.05) is 29.5 Å². The molecule has 1 atom stereocenters. The number of hydrogen-bond donors (Lipinski definition) is 1. The monoisotopic (exact) mass is 436 g/mol. The summed E-state index contributed by atoms with van der Waals surface area (Å²) < 4.78 is 5.53. The topological polar surface area (TPSA) is 84.4 Å². The standard InChI is InChI=1S/C23H24N4O3S/c1-4-30-19-8-6-5-7-18(19)21(29)24-23-26-25-22(31-23)16-12-20(28)27(13-16)17-10-14(2)9-15(3)11-17/h5-11,16H,4,12-13H2,1-3H3,(H,24,26,29)/t16-/m0/s1. The van der Waals surface area contributed by atoms with Gasteiger partial charge in [-0.25, -0.2) is 0 Å². The predicted molar refractivity (Wildman–Crippen MR) is 121 cm³/mol. The molecule has 1 aliphatic rings. The van der Waals surface area contributed by atoms with Crippen molar-refractivity contribution in [3.63, 3.8) is 0 Å². The lowest BCUT2D eigenvalue weighted by Crippen LogP contribution is -2.24. The molecule has 1 N–H and O–H groups in total. The number of anilines is 2. The van der Waals surface area contributed by atoms with Crippen LogP contribution < -0.4 is 15.0 Å². The van der Waals surface area contributed by atoms with E-state index in [9.17, 15) is 9.59 Å². The molecule has 8 heteroatoms. The Morgan fingerprint density at radius 2 is 1.94 bits per heavy atom. The number of aryl methyl sites for hydroxylation is 2. The third-order valence-electron chi connectivity index (χ3n) is 5.09. The van der Waals surface area contributed by atoms with Crippen LogP contribution in [0, 0.1) is 13.8 Å². The lowest BCUT2D eigenvalue weighted by atomic mass is 10.1. The first kappa shape index (κ1) is 21.0. The molecule has 0 radical (unpaired) electrons. The number of nitrogens with one attached hydrogen (secondary N) is 1. The molecule has 4 rings (SSSR count). The van der Waals surface area contributed by atoms with Crippen LogP contribution in [0.3, 0.4) is 0 Å². The molecule has 2 amide bonds. The summed E-state index contributed by atoms with van der Waals surface area (Å²) in [6, 6.07) is 13.2. The Morgan fingerprint density at radius 1 is 1.19 bits per heavy atom. The zero-order chi connectivity index (χ0) is 22.0. The summed E-state index contributed by atoms with van der Waals surface area (Å²) in [5, 5.41) is 12.3. The van der Waals surface area contributed by atoms with Gasteiger partial charge < -0.3 is 9.64 Å². The fraction of sp³-hybridized carbons (Fsp3) is 0.304. The highest BCUT2D eigenvalue weighted by atomic mass is 32.1. The number of carbonyl (C=O) groups is 2. The quantitative estimate of drug-likeness (QED) is 0.622. The van der Waals surface area contributed by atoms with E-state index in [1.165, 1.54) is 11.3 Å². The Balaban J connectivity index is 1.47. The van der Waals surface area contributed by atoms with Crippen molar-refractivity contribution in [1.29, 1.82) is 0 Å². The maximum Gasteiger partial charge on any atom is 0.261 e. The third-order valence-corrected chi connectivity index (χ3v) is 6.09. The Hall–Kier alpha value is -3.26. The lowest BCUT2D eigenvalue weighted by Gasteiger charge is -2.17. The van der Waals surface area contributed by atoms with Crippen molar-refractivity contribution in [3.8, 4) is 5.75 Å². The lowest BCUT2D eigenvalue weighted by molar-refractivity contribution is -0.117. The molecule has 0 spiro atoms. The van der Waals surface area contributed by atoms with Crippen LogP contribution in [-0.4, -0.2) is 35.2 Å². The van der Waals surface area contributed by atoms with E-state index in [-0.39, 0.29) is 17.7 Å². The highest BCUT2D eigenvalue weighted by Crippen LogP contribution is 2.35. The van der Waals surface area contributed by atoms with Gasteiger partial charge in [0.15, 0.2) is 0 Å². The molecule has 160 valence electrons. The van der Waals surface area contributed by atoms with Gasteiger partial charge in [-0.2, -0.15) is 0 Å². The first-order valence-corrected chi connectivity index (χ1v) is 11.0. The number of benzene rings is 2. The fourth-order valence-electron chi connectivity index (χ4n) is 3.78. The van der Waals surface area contributed by atoms with E-state index in [0.717, 1.165) is 21.8 Å². The Morgan fingerprint density at radius 3 is 2.68 bits per heavy atom. The predicted octanol–water partition coefficient (Wildman–Crippen LogP) is 4.33. The normalized spacial score (nSPS) is 15.9. The van der Waals surface area contributed by atoms with Gasteiger partial charge in [0.1, 0.15) is 10.8 Å². The van der Waals surface area contributed by atoms with Crippen molar-refractivity contribution in [1.82, 2.24) is 10.2 Å². The minimum atomic E-state index is -0.300. The number of para-hydroxylation sites is 1. The second-order valence-corrected chi connectivity index (χ2v) is 8.59. The van der Waals surface area contributed by atoms with Gasteiger partial charge in [0.25, 0.3) is 5.91 Å². The Bertz CT molecular complexity index is 1110. The van der Waals surface area contributed by atoms with Gasteiger partial charge in [-0.3, -0.25) is 14.9 Å². The van der Waals surface area contributed by atoms with Crippen molar-refractivity contribution in [2.75, 3.05) is 23.4 Å². The number of carbonyl (C=O) groups excluding carboxylic acids is 2. The van der Waals surface area contributed by atoms with E-state index in [4.69, 9.17) is 4.74 Å². The van der Waals surface area contributed by atoms with Crippen LogP contribution in [0.15, 0.2) is 42.5 Å². The van der Waals surface area contributed by atoms with Crippen molar-refractivity contribution in [3.05, 3.63) is 64.2 Å². The molecule has 2 heterocycles. The minimum absolute atomic E-state index is 0.0489. The van der Waals surface area contributed by atoms with Crippen LogP contribution in [0.4, 0.5) is 10.8 Å². The second kappa shape index (κ2) is 8.85. The average Bonchev–Trinajstić information content (AvgIpc) is 3.34. The Labute approximate surface area is 185 Å². The van der Waals surface area contributed by atoms with Crippen molar-refractivity contribution < 1.29 is 14.3 Å². The molecule has 1 saturated heterocycles. The van der Waals surface area contributed by atoms with E-state index in [1.54, 1.807) is 18.2 Å². The van der Waals surface area contributed by atoms with Crippen LogP contribution in [0.5, 0.6) is 5.75 Å². The smallest absolute Gasteiger partial charge is 0.261 e.